The van der Waals surface area contributed by atoms with Crippen LogP contribution in [0.25, 0.3) is 27.5 Å². The maximum Gasteiger partial charge on any atom is 0.225 e. The van der Waals surface area contributed by atoms with Gasteiger partial charge in [-0.05, 0) is 30.3 Å². The first kappa shape index (κ1) is 16.7. The van der Waals surface area contributed by atoms with E-state index < -0.39 is 0 Å². The molecule has 1 aliphatic heterocycles. The largest absolute Gasteiger partial charge is 0.476 e. The van der Waals surface area contributed by atoms with Crippen LogP contribution in [-0.4, -0.2) is 59.0 Å². The van der Waals surface area contributed by atoms with Crippen LogP contribution >= 0.6 is 11.6 Å². The van der Waals surface area contributed by atoms with E-state index in [9.17, 15) is 0 Å². The van der Waals surface area contributed by atoms with Crippen LogP contribution in [0.4, 0.5) is 0 Å². The van der Waals surface area contributed by atoms with Crippen molar-refractivity contribution in [2.75, 3.05) is 39.5 Å². The van der Waals surface area contributed by atoms with Gasteiger partial charge in [0, 0.05) is 30.0 Å². The normalized spacial score (nSPS) is 15.7. The fraction of sp³-hybridized carbons (Fsp3) is 0.300. The molecule has 138 valence electrons. The second kappa shape index (κ2) is 6.96. The van der Waals surface area contributed by atoms with Crippen LogP contribution < -0.4 is 4.74 Å². The minimum Gasteiger partial charge on any atom is -0.476 e. The average molecular weight is 383 g/mol. The summed E-state index contributed by atoms with van der Waals surface area (Å²) in [4.78, 5) is 7.14. The molecule has 1 saturated heterocycles. The molecule has 0 unspecified atom stereocenters. The number of para-hydroxylation sites is 1. The van der Waals surface area contributed by atoms with E-state index in [1.165, 1.54) is 0 Å². The quantitative estimate of drug-likeness (QED) is 0.541. The van der Waals surface area contributed by atoms with Gasteiger partial charge in [0.2, 0.25) is 5.88 Å². The minimum absolute atomic E-state index is 0.583. The van der Waals surface area contributed by atoms with Crippen LogP contribution in [0.1, 0.15) is 0 Å². The van der Waals surface area contributed by atoms with Crippen LogP contribution in [-0.2, 0) is 4.74 Å². The highest BCUT2D eigenvalue weighted by molar-refractivity contribution is 6.31. The zero-order valence-electron chi connectivity index (χ0n) is 14.8. The van der Waals surface area contributed by atoms with Gasteiger partial charge in [-0.25, -0.2) is 4.52 Å². The van der Waals surface area contributed by atoms with Crippen molar-refractivity contribution in [3.05, 3.63) is 47.5 Å². The summed E-state index contributed by atoms with van der Waals surface area (Å²) in [5, 5.41) is 7.24. The van der Waals surface area contributed by atoms with E-state index in [2.05, 4.69) is 4.90 Å². The van der Waals surface area contributed by atoms with Crippen molar-refractivity contribution < 1.29 is 9.47 Å². The van der Waals surface area contributed by atoms with Gasteiger partial charge in [-0.1, -0.05) is 23.7 Å². The lowest BCUT2D eigenvalue weighted by atomic mass is 10.2. The topological polar surface area (TPSA) is 51.9 Å². The Labute approximate surface area is 161 Å². The molecule has 0 spiro atoms. The molecule has 3 heterocycles. The van der Waals surface area contributed by atoms with E-state index >= 15 is 0 Å². The Kier molecular flexibility index (Phi) is 4.32. The van der Waals surface area contributed by atoms with Crippen molar-refractivity contribution in [2.45, 2.75) is 0 Å². The lowest BCUT2D eigenvalue weighted by Gasteiger charge is -2.26. The Balaban J connectivity index is 1.55. The second-order valence-corrected chi connectivity index (χ2v) is 7.07. The molecule has 7 heteroatoms. The van der Waals surface area contributed by atoms with Crippen LogP contribution in [0.2, 0.25) is 5.02 Å². The molecule has 1 aliphatic rings. The molecule has 4 aromatic rings. The Morgan fingerprint density at radius 3 is 2.81 bits per heavy atom. The Hall–Kier alpha value is -2.41. The smallest absolute Gasteiger partial charge is 0.225 e. The molecule has 2 aromatic heterocycles. The monoisotopic (exact) mass is 382 g/mol. The fourth-order valence-electron chi connectivity index (χ4n) is 3.52. The summed E-state index contributed by atoms with van der Waals surface area (Å²) < 4.78 is 13.4. The number of hydrogen-bond acceptors (Lipinski definition) is 5. The molecule has 0 saturated carbocycles. The van der Waals surface area contributed by atoms with Crippen LogP contribution in [0.5, 0.6) is 5.88 Å². The number of ether oxygens (including phenoxy) is 2. The molecule has 0 N–H and O–H groups in total. The van der Waals surface area contributed by atoms with Crippen molar-refractivity contribution in [1.29, 1.82) is 0 Å². The molecule has 0 bridgehead atoms. The summed E-state index contributed by atoms with van der Waals surface area (Å²) in [6.07, 6.45) is 0. The number of hydrogen-bond donors (Lipinski definition) is 0. The first-order valence-electron chi connectivity index (χ1n) is 9.09. The molecule has 27 heavy (non-hydrogen) atoms. The molecule has 2 aromatic carbocycles. The van der Waals surface area contributed by atoms with Gasteiger partial charge in [0.05, 0.1) is 29.6 Å². The van der Waals surface area contributed by atoms with Crippen molar-refractivity contribution in [3.8, 4) is 5.88 Å². The minimum atomic E-state index is 0.583. The van der Waals surface area contributed by atoms with Gasteiger partial charge >= 0.3 is 0 Å². The second-order valence-electron chi connectivity index (χ2n) is 6.63. The molecule has 1 fully saturated rings. The predicted octanol–water partition coefficient (Wildman–Crippen LogP) is 3.40. The molecule has 0 amide bonds. The van der Waals surface area contributed by atoms with Crippen molar-refractivity contribution >= 4 is 39.1 Å². The number of aromatic nitrogens is 3. The van der Waals surface area contributed by atoms with Gasteiger partial charge in [-0.3, -0.25) is 4.90 Å². The predicted molar refractivity (Wildman–Crippen MR) is 106 cm³/mol. The summed E-state index contributed by atoms with van der Waals surface area (Å²) in [5.41, 5.74) is 2.59. The summed E-state index contributed by atoms with van der Waals surface area (Å²) >= 11 is 6.19. The van der Waals surface area contributed by atoms with E-state index in [-0.39, 0.29) is 0 Å². The summed E-state index contributed by atoms with van der Waals surface area (Å²) in [5.74, 6) is 0.633. The number of morpholine rings is 1. The molecule has 5 rings (SSSR count). The molecule has 0 aliphatic carbocycles. The van der Waals surface area contributed by atoms with Crippen LogP contribution in [0.3, 0.4) is 0 Å². The van der Waals surface area contributed by atoms with Crippen molar-refractivity contribution in [2.24, 2.45) is 0 Å². The molecule has 0 radical (unpaired) electrons. The fourth-order valence-corrected chi connectivity index (χ4v) is 3.69. The van der Waals surface area contributed by atoms with E-state index in [0.29, 0.717) is 17.5 Å². The number of halogens is 1. The van der Waals surface area contributed by atoms with Crippen molar-refractivity contribution in [3.63, 3.8) is 0 Å². The van der Waals surface area contributed by atoms with Gasteiger partial charge in [0.15, 0.2) is 5.65 Å². The van der Waals surface area contributed by atoms with Gasteiger partial charge in [0.1, 0.15) is 6.61 Å². The number of fused-ring (bicyclic) bond motifs is 5. The SMILES string of the molecule is Clc1ccc2nn3c4ccccc4c(OCCN4CCOCC4)nc3c2c1. The van der Waals surface area contributed by atoms with E-state index in [1.807, 2.05) is 47.0 Å². The first-order valence-corrected chi connectivity index (χ1v) is 9.47. The van der Waals surface area contributed by atoms with Gasteiger partial charge in [0.25, 0.3) is 0 Å². The highest BCUT2D eigenvalue weighted by Gasteiger charge is 2.15. The first-order chi connectivity index (χ1) is 13.3. The number of rotatable bonds is 4. The van der Waals surface area contributed by atoms with E-state index in [4.69, 9.17) is 31.2 Å². The Bertz CT molecular complexity index is 1120. The van der Waals surface area contributed by atoms with E-state index in [0.717, 1.165) is 60.3 Å². The molecular formula is C20H19ClN4O2. The highest BCUT2D eigenvalue weighted by atomic mass is 35.5. The zero-order chi connectivity index (χ0) is 18.2. The number of nitrogens with zero attached hydrogens (tertiary/aromatic N) is 4. The molecule has 0 atom stereocenters. The standard InChI is InChI=1S/C20H19ClN4O2/c21-14-5-6-17-16(13-14)19-22-20(27-12-9-24-7-10-26-11-8-24)15-3-1-2-4-18(15)25(19)23-17/h1-6,13H,7-12H2. The molecule has 6 nitrogen and oxygen atoms in total. The summed E-state index contributed by atoms with van der Waals surface area (Å²) in [6, 6.07) is 13.7. The average Bonchev–Trinajstić information content (AvgIpc) is 3.07. The van der Waals surface area contributed by atoms with Crippen molar-refractivity contribution in [1.82, 2.24) is 19.5 Å². The highest BCUT2D eigenvalue weighted by Crippen LogP contribution is 2.29. The van der Waals surface area contributed by atoms with Gasteiger partial charge < -0.3 is 9.47 Å². The number of benzene rings is 2. The summed E-state index contributed by atoms with van der Waals surface area (Å²) in [6.45, 7) is 4.91. The third-order valence-corrected chi connectivity index (χ3v) is 5.16. The molecular weight excluding hydrogens is 364 g/mol. The maximum atomic E-state index is 6.19. The van der Waals surface area contributed by atoms with Gasteiger partial charge in [-0.2, -0.15) is 10.1 Å². The van der Waals surface area contributed by atoms with E-state index in [1.54, 1.807) is 0 Å². The third kappa shape index (κ3) is 3.10. The Morgan fingerprint density at radius 2 is 1.93 bits per heavy atom. The Morgan fingerprint density at radius 1 is 1.07 bits per heavy atom. The van der Waals surface area contributed by atoms with Crippen LogP contribution in [0.15, 0.2) is 42.5 Å². The van der Waals surface area contributed by atoms with Crippen LogP contribution in [0, 0.1) is 0 Å². The lowest BCUT2D eigenvalue weighted by molar-refractivity contribution is 0.0321. The summed E-state index contributed by atoms with van der Waals surface area (Å²) in [7, 11) is 0. The third-order valence-electron chi connectivity index (χ3n) is 4.93. The maximum absolute atomic E-state index is 6.19. The zero-order valence-corrected chi connectivity index (χ0v) is 15.5. The van der Waals surface area contributed by atoms with Gasteiger partial charge in [-0.15, -0.1) is 0 Å². The lowest BCUT2D eigenvalue weighted by Crippen LogP contribution is -2.38.